The number of anilines is 1. The molecule has 0 amide bonds. The van der Waals surface area contributed by atoms with Gasteiger partial charge >= 0.3 is 0 Å². The van der Waals surface area contributed by atoms with Crippen molar-refractivity contribution in [1.29, 1.82) is 0 Å². The largest absolute Gasteiger partial charge is 0.375 e. The van der Waals surface area contributed by atoms with Crippen molar-refractivity contribution in [2.45, 2.75) is 6.42 Å². The minimum atomic E-state index is 0.621. The molecule has 1 heterocycles. The van der Waals surface area contributed by atoms with Crippen molar-refractivity contribution >= 4 is 48.3 Å². The van der Waals surface area contributed by atoms with Crippen molar-refractivity contribution in [3.8, 4) is 0 Å². The second-order valence-electron chi connectivity index (χ2n) is 3.08. The van der Waals surface area contributed by atoms with E-state index < -0.39 is 0 Å². The van der Waals surface area contributed by atoms with Crippen LogP contribution in [-0.2, 0) is 6.42 Å². The van der Waals surface area contributed by atoms with Crippen LogP contribution in [0.2, 0.25) is 0 Å². The van der Waals surface area contributed by atoms with Crippen molar-refractivity contribution in [2.24, 2.45) is 0 Å². The maximum absolute atomic E-state index is 5.59. The average Bonchev–Trinajstić information content (AvgIpc) is 2.58. The molecular weight excluding hydrogens is 340 g/mol. The third-order valence-corrected chi connectivity index (χ3v) is 4.04. The maximum Gasteiger partial charge on any atom is 0.180 e. The van der Waals surface area contributed by atoms with Gasteiger partial charge in [-0.1, -0.05) is 31.9 Å². The Kier molecular flexibility index (Phi) is 3.43. The Labute approximate surface area is 109 Å². The number of halogens is 2. The summed E-state index contributed by atoms with van der Waals surface area (Å²) in [6, 6.07) is 6.14. The fourth-order valence-electron chi connectivity index (χ4n) is 1.27. The molecule has 0 spiro atoms. The van der Waals surface area contributed by atoms with Gasteiger partial charge in [0.2, 0.25) is 0 Å². The summed E-state index contributed by atoms with van der Waals surface area (Å²) in [5.74, 6) is 0. The lowest BCUT2D eigenvalue weighted by Crippen LogP contribution is -1.86. The van der Waals surface area contributed by atoms with Crippen molar-refractivity contribution in [1.82, 2.24) is 4.98 Å². The van der Waals surface area contributed by atoms with E-state index in [1.165, 1.54) is 21.8 Å². The van der Waals surface area contributed by atoms with E-state index in [0.717, 1.165) is 15.4 Å². The molecule has 0 atom stereocenters. The Bertz CT molecular complexity index is 482. The van der Waals surface area contributed by atoms with Crippen LogP contribution in [0.15, 0.2) is 33.3 Å². The van der Waals surface area contributed by atoms with Crippen molar-refractivity contribution in [3.05, 3.63) is 43.8 Å². The first-order valence-electron chi connectivity index (χ1n) is 4.29. The van der Waals surface area contributed by atoms with E-state index in [2.05, 4.69) is 42.9 Å². The lowest BCUT2D eigenvalue weighted by Gasteiger charge is -2.02. The highest BCUT2D eigenvalue weighted by molar-refractivity contribution is 9.11. The molecule has 0 saturated heterocycles. The first kappa shape index (κ1) is 11.1. The zero-order chi connectivity index (χ0) is 10.8. The first-order valence-corrected chi connectivity index (χ1v) is 6.69. The molecular formula is C10H8Br2N2S. The van der Waals surface area contributed by atoms with Gasteiger partial charge in [-0.25, -0.2) is 4.98 Å². The zero-order valence-corrected chi connectivity index (χ0v) is 11.7. The number of aromatic nitrogens is 1. The molecule has 0 radical (unpaired) electrons. The first-order chi connectivity index (χ1) is 7.15. The van der Waals surface area contributed by atoms with Crippen LogP contribution < -0.4 is 5.73 Å². The maximum atomic E-state index is 5.59. The number of rotatable bonds is 2. The van der Waals surface area contributed by atoms with Gasteiger partial charge in [0, 0.05) is 26.4 Å². The van der Waals surface area contributed by atoms with E-state index in [4.69, 9.17) is 5.73 Å². The molecule has 5 heteroatoms. The van der Waals surface area contributed by atoms with Crippen LogP contribution in [0.25, 0.3) is 0 Å². The fraction of sp³-hybridized carbons (Fsp3) is 0.100. The number of nitrogens with two attached hydrogens (primary N) is 1. The molecule has 0 aliphatic carbocycles. The average molecular weight is 348 g/mol. The number of hydrogen-bond acceptors (Lipinski definition) is 3. The molecule has 2 rings (SSSR count). The third kappa shape index (κ3) is 2.80. The summed E-state index contributed by atoms with van der Waals surface area (Å²) in [5, 5.41) is 0.621. The standard InChI is InChI=1S/C10H8Br2N2S/c11-7-1-2-9(12)6(3-7)4-8-5-14-10(13)15-8/h1-3,5H,4H2,(H2,13,14). The van der Waals surface area contributed by atoms with Crippen molar-refractivity contribution < 1.29 is 0 Å². The zero-order valence-electron chi connectivity index (χ0n) is 7.71. The summed E-state index contributed by atoms with van der Waals surface area (Å²) in [6.45, 7) is 0. The quantitative estimate of drug-likeness (QED) is 0.896. The van der Waals surface area contributed by atoms with Crippen LogP contribution >= 0.6 is 43.2 Å². The predicted molar refractivity (Wildman–Crippen MR) is 71.2 cm³/mol. The monoisotopic (exact) mass is 346 g/mol. The lowest BCUT2D eigenvalue weighted by atomic mass is 10.1. The molecule has 0 unspecified atom stereocenters. The topological polar surface area (TPSA) is 38.9 Å². The van der Waals surface area contributed by atoms with Crippen LogP contribution in [0.3, 0.4) is 0 Å². The highest BCUT2D eigenvalue weighted by Gasteiger charge is 2.04. The third-order valence-electron chi connectivity index (χ3n) is 1.94. The summed E-state index contributed by atoms with van der Waals surface area (Å²) in [5.41, 5.74) is 6.82. The number of thiazole rings is 1. The summed E-state index contributed by atoms with van der Waals surface area (Å²) in [4.78, 5) is 5.21. The minimum Gasteiger partial charge on any atom is -0.375 e. The highest BCUT2D eigenvalue weighted by Crippen LogP contribution is 2.26. The molecule has 0 aliphatic heterocycles. The van der Waals surface area contributed by atoms with Gasteiger partial charge in [0.25, 0.3) is 0 Å². The lowest BCUT2D eigenvalue weighted by molar-refractivity contribution is 1.20. The molecule has 0 bridgehead atoms. The summed E-state index contributed by atoms with van der Waals surface area (Å²) >= 11 is 8.51. The SMILES string of the molecule is Nc1ncc(Cc2cc(Br)ccc2Br)s1. The van der Waals surface area contributed by atoms with Gasteiger partial charge in [0.15, 0.2) is 5.13 Å². The molecule has 1 aromatic carbocycles. The van der Waals surface area contributed by atoms with Gasteiger partial charge in [0.1, 0.15) is 0 Å². The molecule has 1 aromatic heterocycles. The molecule has 0 saturated carbocycles. The predicted octanol–water partition coefficient (Wildman–Crippen LogP) is 3.84. The smallest absolute Gasteiger partial charge is 0.180 e. The second-order valence-corrected chi connectivity index (χ2v) is 5.99. The molecule has 2 aromatic rings. The van der Waals surface area contributed by atoms with E-state index in [1.54, 1.807) is 0 Å². The normalized spacial score (nSPS) is 10.5. The van der Waals surface area contributed by atoms with Gasteiger partial charge in [0.05, 0.1) is 0 Å². The molecule has 2 N–H and O–H groups in total. The van der Waals surface area contributed by atoms with Crippen LogP contribution in [0, 0.1) is 0 Å². The number of hydrogen-bond donors (Lipinski definition) is 1. The van der Waals surface area contributed by atoms with E-state index in [9.17, 15) is 0 Å². The van der Waals surface area contributed by atoms with Crippen LogP contribution in [0.1, 0.15) is 10.4 Å². The van der Waals surface area contributed by atoms with Gasteiger partial charge in [-0.2, -0.15) is 0 Å². The fourth-order valence-corrected chi connectivity index (χ4v) is 2.77. The van der Waals surface area contributed by atoms with Crippen LogP contribution in [0.5, 0.6) is 0 Å². The second kappa shape index (κ2) is 4.63. The molecule has 15 heavy (non-hydrogen) atoms. The van der Waals surface area contributed by atoms with Gasteiger partial charge in [-0.15, -0.1) is 11.3 Å². The Morgan fingerprint density at radius 2 is 2.13 bits per heavy atom. The number of nitrogens with zero attached hydrogens (tertiary/aromatic N) is 1. The van der Waals surface area contributed by atoms with Crippen LogP contribution in [0.4, 0.5) is 5.13 Å². The Morgan fingerprint density at radius 1 is 1.33 bits per heavy atom. The molecule has 0 aliphatic rings. The number of nitrogen functional groups attached to an aromatic ring is 1. The van der Waals surface area contributed by atoms with Crippen molar-refractivity contribution in [3.63, 3.8) is 0 Å². The number of benzene rings is 1. The van der Waals surface area contributed by atoms with E-state index in [1.807, 2.05) is 18.3 Å². The van der Waals surface area contributed by atoms with Gasteiger partial charge < -0.3 is 5.73 Å². The summed E-state index contributed by atoms with van der Waals surface area (Å²) in [6.07, 6.45) is 2.68. The van der Waals surface area contributed by atoms with E-state index in [0.29, 0.717) is 5.13 Å². The van der Waals surface area contributed by atoms with Gasteiger partial charge in [-0.3, -0.25) is 0 Å². The van der Waals surface area contributed by atoms with Crippen LogP contribution in [-0.4, -0.2) is 4.98 Å². The Balaban J connectivity index is 2.27. The van der Waals surface area contributed by atoms with E-state index >= 15 is 0 Å². The van der Waals surface area contributed by atoms with E-state index in [-0.39, 0.29) is 0 Å². The van der Waals surface area contributed by atoms with Gasteiger partial charge in [-0.05, 0) is 23.8 Å². The summed E-state index contributed by atoms with van der Waals surface area (Å²) in [7, 11) is 0. The summed E-state index contributed by atoms with van der Waals surface area (Å²) < 4.78 is 2.19. The Morgan fingerprint density at radius 3 is 2.80 bits per heavy atom. The molecule has 0 fully saturated rings. The van der Waals surface area contributed by atoms with Crippen molar-refractivity contribution in [2.75, 3.05) is 5.73 Å². The molecule has 78 valence electrons. The minimum absolute atomic E-state index is 0.621. The highest BCUT2D eigenvalue weighted by atomic mass is 79.9. The Hall–Kier alpha value is -0.390. The molecule has 2 nitrogen and oxygen atoms in total.